The van der Waals surface area contributed by atoms with Crippen molar-refractivity contribution in [2.75, 3.05) is 6.61 Å². The van der Waals surface area contributed by atoms with E-state index in [9.17, 15) is 4.79 Å². The molecule has 1 fully saturated rings. The molecule has 2 unspecified atom stereocenters. The summed E-state index contributed by atoms with van der Waals surface area (Å²) in [5.41, 5.74) is 0.238. The Hall–Kier alpha value is -2.03. The molecule has 1 aromatic heterocycles. The molecule has 3 atom stereocenters. The second-order valence-corrected chi connectivity index (χ2v) is 6.33. The van der Waals surface area contributed by atoms with E-state index in [1.165, 1.54) is 18.9 Å². The van der Waals surface area contributed by atoms with Crippen LogP contribution in [-0.4, -0.2) is 6.61 Å². The van der Waals surface area contributed by atoms with Crippen molar-refractivity contribution < 1.29 is 9.15 Å². The largest absolute Gasteiger partial charge is 0.493 e. The van der Waals surface area contributed by atoms with Crippen LogP contribution in [0.2, 0.25) is 0 Å². The lowest BCUT2D eigenvalue weighted by molar-refractivity contribution is 0.264. The zero-order valence-electron chi connectivity index (χ0n) is 13.0. The van der Waals surface area contributed by atoms with E-state index in [2.05, 4.69) is 19.6 Å². The molecule has 3 heteroatoms. The van der Waals surface area contributed by atoms with Gasteiger partial charge in [-0.25, -0.2) is 4.79 Å². The van der Waals surface area contributed by atoms with Gasteiger partial charge in [-0.05, 0) is 55.2 Å². The molecule has 116 valence electrons. The van der Waals surface area contributed by atoms with Crippen LogP contribution < -0.4 is 10.4 Å². The monoisotopic (exact) mass is 298 g/mol. The maximum atomic E-state index is 11.3. The Kier molecular flexibility index (Phi) is 4.32. The quantitative estimate of drug-likeness (QED) is 0.606. The van der Waals surface area contributed by atoms with Crippen LogP contribution in [0.5, 0.6) is 5.75 Å². The first-order valence-corrected chi connectivity index (χ1v) is 7.95. The molecule has 1 saturated carbocycles. The number of ether oxygens (including phenoxy) is 1. The van der Waals surface area contributed by atoms with Gasteiger partial charge in [0.05, 0.1) is 6.61 Å². The molecule has 0 spiro atoms. The number of fused-ring (bicyclic) bond motifs is 1. The van der Waals surface area contributed by atoms with E-state index in [4.69, 9.17) is 9.15 Å². The summed E-state index contributed by atoms with van der Waals surface area (Å²) in [6.45, 7) is 6.95. The molecule has 0 amide bonds. The Morgan fingerprint density at radius 1 is 1.32 bits per heavy atom. The molecule has 2 aromatic rings. The third-order valence-corrected chi connectivity index (χ3v) is 4.64. The highest BCUT2D eigenvalue weighted by Crippen LogP contribution is 2.38. The predicted molar refractivity (Wildman–Crippen MR) is 88.2 cm³/mol. The summed E-state index contributed by atoms with van der Waals surface area (Å²) in [5.74, 6) is 2.82. The van der Waals surface area contributed by atoms with Crippen molar-refractivity contribution in [2.45, 2.75) is 26.2 Å². The summed E-state index contributed by atoms with van der Waals surface area (Å²) in [7, 11) is 0. The second kappa shape index (κ2) is 6.39. The lowest BCUT2D eigenvalue weighted by Crippen LogP contribution is -2.10. The van der Waals surface area contributed by atoms with Crippen molar-refractivity contribution >= 4 is 11.0 Å². The van der Waals surface area contributed by atoms with Crippen LogP contribution >= 0.6 is 0 Å². The molecule has 0 radical (unpaired) electrons. The molecule has 1 heterocycles. The number of allylic oxidation sites excluding steroid dienone is 1. The van der Waals surface area contributed by atoms with Crippen LogP contribution in [0.25, 0.3) is 11.0 Å². The molecular weight excluding hydrogens is 276 g/mol. The smallest absolute Gasteiger partial charge is 0.336 e. The van der Waals surface area contributed by atoms with E-state index in [1.54, 1.807) is 12.1 Å². The summed E-state index contributed by atoms with van der Waals surface area (Å²) in [6, 6.07) is 8.82. The number of hydrogen-bond donors (Lipinski definition) is 0. The highest BCUT2D eigenvalue weighted by molar-refractivity contribution is 5.77. The van der Waals surface area contributed by atoms with Gasteiger partial charge in [0.1, 0.15) is 11.3 Å². The second-order valence-electron chi connectivity index (χ2n) is 6.33. The Labute approximate surface area is 130 Å². The Morgan fingerprint density at radius 2 is 2.14 bits per heavy atom. The minimum Gasteiger partial charge on any atom is -0.493 e. The maximum absolute atomic E-state index is 11.3. The van der Waals surface area contributed by atoms with E-state index in [0.29, 0.717) is 24.0 Å². The fourth-order valence-corrected chi connectivity index (χ4v) is 3.52. The molecule has 1 aliphatic rings. The lowest BCUT2D eigenvalue weighted by Gasteiger charge is -2.16. The average Bonchev–Trinajstić information content (AvgIpc) is 2.87. The van der Waals surface area contributed by atoms with Crippen LogP contribution in [0.1, 0.15) is 26.2 Å². The van der Waals surface area contributed by atoms with E-state index in [1.807, 2.05) is 12.1 Å². The van der Waals surface area contributed by atoms with Crippen LogP contribution in [-0.2, 0) is 0 Å². The SMILES string of the molecule is C=CC1C[C@H](C)CC1CCOc1ccc2ccc(=O)oc2c1. The molecular formula is C19H22O3. The summed E-state index contributed by atoms with van der Waals surface area (Å²) >= 11 is 0. The number of benzene rings is 1. The van der Waals surface area contributed by atoms with E-state index < -0.39 is 0 Å². The molecule has 22 heavy (non-hydrogen) atoms. The molecule has 0 saturated heterocycles. The van der Waals surface area contributed by atoms with Gasteiger partial charge >= 0.3 is 5.63 Å². The minimum absolute atomic E-state index is 0.335. The Balaban J connectivity index is 1.62. The van der Waals surface area contributed by atoms with E-state index >= 15 is 0 Å². The summed E-state index contributed by atoms with van der Waals surface area (Å²) in [6.07, 6.45) is 5.64. The van der Waals surface area contributed by atoms with Gasteiger partial charge in [0, 0.05) is 17.5 Å². The number of hydrogen-bond acceptors (Lipinski definition) is 3. The molecule has 0 N–H and O–H groups in total. The van der Waals surface area contributed by atoms with E-state index in [0.717, 1.165) is 23.5 Å². The Morgan fingerprint density at radius 3 is 2.95 bits per heavy atom. The first kappa shape index (κ1) is 14.9. The molecule has 0 aliphatic heterocycles. The van der Waals surface area contributed by atoms with Crippen molar-refractivity contribution in [3.63, 3.8) is 0 Å². The van der Waals surface area contributed by atoms with Gasteiger partial charge < -0.3 is 9.15 Å². The lowest BCUT2D eigenvalue weighted by atomic mass is 9.93. The van der Waals surface area contributed by atoms with Crippen LogP contribution in [0.15, 0.2) is 52.2 Å². The molecule has 3 rings (SSSR count). The third-order valence-electron chi connectivity index (χ3n) is 4.64. The van der Waals surface area contributed by atoms with Crippen molar-refractivity contribution in [1.29, 1.82) is 0 Å². The molecule has 1 aromatic carbocycles. The van der Waals surface area contributed by atoms with Gasteiger partial charge in [-0.2, -0.15) is 0 Å². The highest BCUT2D eigenvalue weighted by Gasteiger charge is 2.29. The average molecular weight is 298 g/mol. The van der Waals surface area contributed by atoms with Crippen LogP contribution in [0.3, 0.4) is 0 Å². The highest BCUT2D eigenvalue weighted by atomic mass is 16.5. The van der Waals surface area contributed by atoms with Gasteiger partial charge in [-0.3, -0.25) is 0 Å². The Bertz CT molecular complexity index is 716. The van der Waals surface area contributed by atoms with Crippen LogP contribution in [0, 0.1) is 17.8 Å². The van der Waals surface area contributed by atoms with Crippen LogP contribution in [0.4, 0.5) is 0 Å². The fraction of sp³-hybridized carbons (Fsp3) is 0.421. The zero-order chi connectivity index (χ0) is 15.5. The van der Waals surface area contributed by atoms with Crippen molar-refractivity contribution in [2.24, 2.45) is 17.8 Å². The molecule has 3 nitrogen and oxygen atoms in total. The van der Waals surface area contributed by atoms with Gasteiger partial charge in [0.25, 0.3) is 0 Å². The third kappa shape index (κ3) is 3.24. The summed E-state index contributed by atoms with van der Waals surface area (Å²) < 4.78 is 11.0. The zero-order valence-corrected chi connectivity index (χ0v) is 13.0. The summed E-state index contributed by atoms with van der Waals surface area (Å²) in [5, 5.41) is 0.906. The first-order chi connectivity index (χ1) is 10.7. The van der Waals surface area contributed by atoms with Crippen molar-refractivity contribution in [3.05, 3.63) is 53.4 Å². The van der Waals surface area contributed by atoms with Gasteiger partial charge in [0.2, 0.25) is 0 Å². The number of rotatable bonds is 5. The van der Waals surface area contributed by atoms with Crippen molar-refractivity contribution in [1.82, 2.24) is 0 Å². The maximum Gasteiger partial charge on any atom is 0.336 e. The normalized spacial score (nSPS) is 24.5. The minimum atomic E-state index is -0.335. The fourth-order valence-electron chi connectivity index (χ4n) is 3.52. The molecule has 0 bridgehead atoms. The van der Waals surface area contributed by atoms with E-state index in [-0.39, 0.29) is 5.63 Å². The summed E-state index contributed by atoms with van der Waals surface area (Å²) in [4.78, 5) is 11.3. The van der Waals surface area contributed by atoms with Gasteiger partial charge in [0.15, 0.2) is 0 Å². The molecule has 1 aliphatic carbocycles. The van der Waals surface area contributed by atoms with Gasteiger partial charge in [-0.15, -0.1) is 6.58 Å². The van der Waals surface area contributed by atoms with Crippen molar-refractivity contribution in [3.8, 4) is 5.75 Å². The van der Waals surface area contributed by atoms with Gasteiger partial charge in [-0.1, -0.05) is 13.0 Å². The topological polar surface area (TPSA) is 39.4 Å². The standard InChI is InChI=1S/C19H22O3/c1-3-14-10-13(2)11-16(14)8-9-21-17-6-4-15-5-7-19(20)22-18(15)12-17/h3-7,12-14,16H,1,8-11H2,2H3/t13-,14?,16?/m0/s1. The first-order valence-electron chi connectivity index (χ1n) is 7.95. The predicted octanol–water partition coefficient (Wildman–Crippen LogP) is 4.41.